The van der Waals surface area contributed by atoms with Gasteiger partial charge in [-0.3, -0.25) is 0 Å². The van der Waals surface area contributed by atoms with E-state index in [0.717, 1.165) is 15.8 Å². The van der Waals surface area contributed by atoms with E-state index in [1.54, 1.807) is 18.2 Å². The summed E-state index contributed by atoms with van der Waals surface area (Å²) in [6.07, 6.45) is -1.24. The first-order valence-electron chi connectivity index (χ1n) is 9.13. The second kappa shape index (κ2) is 8.99. The van der Waals surface area contributed by atoms with Gasteiger partial charge in [0.25, 0.3) is 0 Å². The minimum Gasteiger partial charge on any atom is -0.466 e. The zero-order valence-corrected chi connectivity index (χ0v) is 18.1. The van der Waals surface area contributed by atoms with Gasteiger partial charge in [-0.15, -0.1) is 0 Å². The number of carbonyl (C=O) groups is 1. The number of ether oxygens (including phenoxy) is 1. The van der Waals surface area contributed by atoms with Crippen LogP contribution >= 0.6 is 23.4 Å². The maximum absolute atomic E-state index is 11.9. The number of aromatic nitrogens is 1. The summed E-state index contributed by atoms with van der Waals surface area (Å²) in [5.41, 5.74) is 2.42. The summed E-state index contributed by atoms with van der Waals surface area (Å²) >= 11 is 7.53. The summed E-state index contributed by atoms with van der Waals surface area (Å²) in [6, 6.07) is 15.4. The second-order valence-electron chi connectivity index (χ2n) is 6.96. The number of aliphatic hydroxyl groups is 1. The molecule has 0 radical (unpaired) electrons. The summed E-state index contributed by atoms with van der Waals surface area (Å²) in [6.45, 7) is 7.98. The molecule has 4 nitrogen and oxygen atoms in total. The van der Waals surface area contributed by atoms with Crippen molar-refractivity contribution in [1.82, 2.24) is 4.98 Å². The maximum Gasteiger partial charge on any atom is 0.336 e. The van der Waals surface area contributed by atoms with Crippen molar-refractivity contribution in [3.05, 3.63) is 76.8 Å². The van der Waals surface area contributed by atoms with Gasteiger partial charge in [-0.1, -0.05) is 55.9 Å². The van der Waals surface area contributed by atoms with Gasteiger partial charge in [-0.2, -0.15) is 0 Å². The Morgan fingerprint density at radius 3 is 2.48 bits per heavy atom. The van der Waals surface area contributed by atoms with Crippen LogP contribution in [-0.4, -0.2) is 23.2 Å². The molecular weight excluding hydrogens is 406 g/mol. The van der Waals surface area contributed by atoms with Gasteiger partial charge in [0.2, 0.25) is 0 Å². The van der Waals surface area contributed by atoms with Crippen molar-refractivity contribution in [1.29, 1.82) is 0 Å². The normalized spacial score (nSPS) is 12.2. The van der Waals surface area contributed by atoms with Crippen LogP contribution in [-0.2, 0) is 9.53 Å². The SMILES string of the molecule is C=C(C(=O)OC)C(O)c1cc2cc(Cl)ccc2nc1Sc1ccc(C(C)C)cc1. The molecule has 3 rings (SSSR count). The Balaban J connectivity index is 2.06. The smallest absolute Gasteiger partial charge is 0.336 e. The fraction of sp³-hybridized carbons (Fsp3) is 0.217. The van der Waals surface area contributed by atoms with Crippen molar-refractivity contribution in [2.24, 2.45) is 0 Å². The maximum atomic E-state index is 11.9. The Morgan fingerprint density at radius 2 is 1.86 bits per heavy atom. The monoisotopic (exact) mass is 427 g/mol. The van der Waals surface area contributed by atoms with Gasteiger partial charge in [0.05, 0.1) is 18.2 Å². The van der Waals surface area contributed by atoms with E-state index in [1.165, 1.54) is 24.4 Å². The molecule has 1 heterocycles. The molecule has 29 heavy (non-hydrogen) atoms. The number of hydrogen-bond acceptors (Lipinski definition) is 5. The van der Waals surface area contributed by atoms with Crippen LogP contribution in [0.4, 0.5) is 0 Å². The lowest BCUT2D eigenvalue weighted by atomic mass is 10.0. The molecular formula is C23H22ClNO3S. The van der Waals surface area contributed by atoms with Crippen LogP contribution in [0, 0.1) is 0 Å². The molecule has 2 aromatic carbocycles. The summed E-state index contributed by atoms with van der Waals surface area (Å²) in [7, 11) is 1.25. The van der Waals surface area contributed by atoms with Crippen molar-refractivity contribution < 1.29 is 14.6 Å². The van der Waals surface area contributed by atoms with Crippen LogP contribution in [0.1, 0.15) is 37.0 Å². The Morgan fingerprint density at radius 1 is 1.17 bits per heavy atom. The Kier molecular flexibility index (Phi) is 6.63. The molecule has 3 aromatic rings. The lowest BCUT2D eigenvalue weighted by molar-refractivity contribution is -0.137. The molecule has 1 aromatic heterocycles. The van der Waals surface area contributed by atoms with Crippen LogP contribution < -0.4 is 0 Å². The number of esters is 1. The van der Waals surface area contributed by atoms with E-state index in [0.29, 0.717) is 21.5 Å². The van der Waals surface area contributed by atoms with Gasteiger partial charge in [-0.25, -0.2) is 9.78 Å². The van der Waals surface area contributed by atoms with Crippen molar-refractivity contribution >= 4 is 40.2 Å². The second-order valence-corrected chi connectivity index (χ2v) is 8.46. The van der Waals surface area contributed by atoms with E-state index in [2.05, 4.69) is 32.6 Å². The van der Waals surface area contributed by atoms with Gasteiger partial charge < -0.3 is 9.84 Å². The zero-order valence-electron chi connectivity index (χ0n) is 16.5. The first kappa shape index (κ1) is 21.4. The number of nitrogens with zero attached hydrogens (tertiary/aromatic N) is 1. The number of methoxy groups -OCH3 is 1. The first-order chi connectivity index (χ1) is 13.8. The lowest BCUT2D eigenvalue weighted by Gasteiger charge is -2.17. The molecule has 1 N–H and O–H groups in total. The number of benzene rings is 2. The molecule has 0 saturated carbocycles. The van der Waals surface area contributed by atoms with Crippen molar-refractivity contribution in [3.8, 4) is 0 Å². The number of hydrogen-bond donors (Lipinski definition) is 1. The van der Waals surface area contributed by atoms with Crippen LogP contribution in [0.2, 0.25) is 5.02 Å². The first-order valence-corrected chi connectivity index (χ1v) is 10.3. The van der Waals surface area contributed by atoms with E-state index < -0.39 is 12.1 Å². The van der Waals surface area contributed by atoms with E-state index >= 15 is 0 Å². The largest absolute Gasteiger partial charge is 0.466 e. The lowest BCUT2D eigenvalue weighted by Crippen LogP contribution is -2.13. The molecule has 0 aliphatic heterocycles. The highest BCUT2D eigenvalue weighted by atomic mass is 35.5. The quantitative estimate of drug-likeness (QED) is 0.390. The number of rotatable bonds is 6. The van der Waals surface area contributed by atoms with Crippen molar-refractivity contribution in [3.63, 3.8) is 0 Å². The average molecular weight is 428 g/mol. The predicted octanol–water partition coefficient (Wildman–Crippen LogP) is 5.93. The average Bonchev–Trinajstić information content (AvgIpc) is 2.72. The number of fused-ring (bicyclic) bond motifs is 1. The minimum absolute atomic E-state index is 0.0484. The van der Waals surface area contributed by atoms with E-state index in [1.807, 2.05) is 18.2 Å². The molecule has 0 aliphatic carbocycles. The van der Waals surface area contributed by atoms with E-state index in [-0.39, 0.29) is 5.57 Å². The number of pyridine rings is 1. The Hall–Kier alpha value is -2.34. The van der Waals surface area contributed by atoms with E-state index in [4.69, 9.17) is 21.3 Å². The molecule has 0 fully saturated rings. The Bertz CT molecular complexity index is 1060. The van der Waals surface area contributed by atoms with Crippen molar-refractivity contribution in [2.45, 2.75) is 35.8 Å². The molecule has 150 valence electrons. The van der Waals surface area contributed by atoms with Crippen molar-refractivity contribution in [2.75, 3.05) is 7.11 Å². The third-order valence-electron chi connectivity index (χ3n) is 4.60. The van der Waals surface area contributed by atoms with Crippen LogP contribution in [0.5, 0.6) is 0 Å². The van der Waals surface area contributed by atoms with Crippen LogP contribution in [0.3, 0.4) is 0 Å². The van der Waals surface area contributed by atoms with E-state index in [9.17, 15) is 9.90 Å². The Labute approximate surface area is 179 Å². The molecule has 0 saturated heterocycles. The summed E-state index contributed by atoms with van der Waals surface area (Å²) < 4.78 is 4.71. The van der Waals surface area contributed by atoms with Gasteiger partial charge in [0.15, 0.2) is 0 Å². The third kappa shape index (κ3) is 4.81. The summed E-state index contributed by atoms with van der Waals surface area (Å²) in [5, 5.41) is 12.7. The highest BCUT2D eigenvalue weighted by Crippen LogP contribution is 2.37. The molecule has 0 bridgehead atoms. The van der Waals surface area contributed by atoms with Gasteiger partial charge in [0, 0.05) is 20.9 Å². The molecule has 0 aliphatic rings. The van der Waals surface area contributed by atoms with Gasteiger partial charge in [-0.05, 0) is 47.9 Å². The highest BCUT2D eigenvalue weighted by molar-refractivity contribution is 7.99. The van der Waals surface area contributed by atoms with Crippen LogP contribution in [0.15, 0.2) is 70.6 Å². The summed E-state index contributed by atoms with van der Waals surface area (Å²) in [5.74, 6) is -0.223. The molecule has 1 atom stereocenters. The van der Waals surface area contributed by atoms with Gasteiger partial charge >= 0.3 is 5.97 Å². The zero-order chi connectivity index (χ0) is 21.1. The fourth-order valence-electron chi connectivity index (χ4n) is 2.89. The minimum atomic E-state index is -1.24. The molecule has 1 unspecified atom stereocenters. The molecule has 0 spiro atoms. The molecule has 0 amide bonds. The summed E-state index contributed by atoms with van der Waals surface area (Å²) in [4.78, 5) is 17.6. The predicted molar refractivity (Wildman–Crippen MR) is 118 cm³/mol. The number of halogens is 1. The fourth-order valence-corrected chi connectivity index (χ4v) is 3.99. The number of aliphatic hydroxyl groups excluding tert-OH is 1. The van der Waals surface area contributed by atoms with Gasteiger partial charge in [0.1, 0.15) is 11.1 Å². The van der Waals surface area contributed by atoms with Crippen LogP contribution in [0.25, 0.3) is 10.9 Å². The number of carbonyl (C=O) groups excluding carboxylic acids is 1. The molecule has 6 heteroatoms. The topological polar surface area (TPSA) is 59.4 Å². The third-order valence-corrected chi connectivity index (χ3v) is 5.87. The highest BCUT2D eigenvalue weighted by Gasteiger charge is 2.23. The standard InChI is InChI=1S/C23H22ClNO3S/c1-13(2)15-5-8-18(9-6-15)29-22-19(21(26)14(3)23(27)28-4)12-16-11-17(24)7-10-20(16)25-22/h5-13,21,26H,3H2,1-2,4H3.